The standard InChI is InChI=1S/C13H11BrFN3/c1-7-10-5-16-6-12(10)18-13(17-7)9-3-2-8(15)4-11(9)14/h2-4,16H,5-6H2,1H3. The minimum atomic E-state index is -0.273. The summed E-state index contributed by atoms with van der Waals surface area (Å²) in [6, 6.07) is 4.55. The highest BCUT2D eigenvalue weighted by Crippen LogP contribution is 2.28. The normalized spacial score (nSPS) is 13.7. The van der Waals surface area contributed by atoms with Crippen LogP contribution < -0.4 is 5.32 Å². The first-order chi connectivity index (χ1) is 8.65. The van der Waals surface area contributed by atoms with Gasteiger partial charge in [-0.2, -0.15) is 0 Å². The molecule has 5 heteroatoms. The molecule has 0 saturated carbocycles. The van der Waals surface area contributed by atoms with E-state index in [0.29, 0.717) is 10.3 Å². The topological polar surface area (TPSA) is 37.8 Å². The summed E-state index contributed by atoms with van der Waals surface area (Å²) in [6.45, 7) is 3.57. The summed E-state index contributed by atoms with van der Waals surface area (Å²) in [4.78, 5) is 9.05. The molecule has 2 heterocycles. The van der Waals surface area contributed by atoms with Gasteiger partial charge in [0.1, 0.15) is 5.82 Å². The van der Waals surface area contributed by atoms with Crippen molar-refractivity contribution in [3.63, 3.8) is 0 Å². The van der Waals surface area contributed by atoms with Crippen molar-refractivity contribution in [2.24, 2.45) is 0 Å². The summed E-state index contributed by atoms with van der Waals surface area (Å²) in [6.07, 6.45) is 0. The molecule has 0 atom stereocenters. The lowest BCUT2D eigenvalue weighted by molar-refractivity contribution is 0.627. The molecule has 18 heavy (non-hydrogen) atoms. The maximum atomic E-state index is 13.1. The van der Waals surface area contributed by atoms with E-state index >= 15 is 0 Å². The maximum Gasteiger partial charge on any atom is 0.160 e. The molecule has 3 rings (SSSR count). The molecule has 1 aromatic carbocycles. The van der Waals surface area contributed by atoms with Crippen molar-refractivity contribution < 1.29 is 4.39 Å². The average Bonchev–Trinajstić information content (AvgIpc) is 2.77. The molecule has 0 saturated heterocycles. The minimum absolute atomic E-state index is 0.273. The van der Waals surface area contributed by atoms with Crippen molar-refractivity contribution >= 4 is 15.9 Å². The van der Waals surface area contributed by atoms with Crippen LogP contribution in [0.3, 0.4) is 0 Å². The molecule has 1 aromatic heterocycles. The predicted molar refractivity (Wildman–Crippen MR) is 70.4 cm³/mol. The van der Waals surface area contributed by atoms with Crippen LogP contribution in [-0.4, -0.2) is 9.97 Å². The summed E-state index contributed by atoms with van der Waals surface area (Å²) in [5.41, 5.74) is 4.01. The molecule has 0 radical (unpaired) electrons. The Labute approximate surface area is 113 Å². The zero-order chi connectivity index (χ0) is 12.7. The molecule has 0 bridgehead atoms. The van der Waals surface area contributed by atoms with Crippen LogP contribution in [0.25, 0.3) is 11.4 Å². The van der Waals surface area contributed by atoms with Crippen LogP contribution in [0.15, 0.2) is 22.7 Å². The fraction of sp³-hybridized carbons (Fsp3) is 0.231. The van der Waals surface area contributed by atoms with Gasteiger partial charge in [0, 0.05) is 34.4 Å². The Morgan fingerprint density at radius 1 is 1.28 bits per heavy atom. The molecular formula is C13H11BrFN3. The van der Waals surface area contributed by atoms with Gasteiger partial charge >= 0.3 is 0 Å². The van der Waals surface area contributed by atoms with Gasteiger partial charge in [-0.3, -0.25) is 0 Å². The zero-order valence-corrected chi connectivity index (χ0v) is 11.4. The average molecular weight is 308 g/mol. The Bertz CT molecular complexity index is 628. The highest BCUT2D eigenvalue weighted by atomic mass is 79.9. The molecular weight excluding hydrogens is 297 g/mol. The number of halogens is 2. The van der Waals surface area contributed by atoms with Gasteiger partial charge in [0.15, 0.2) is 5.82 Å². The molecule has 1 N–H and O–H groups in total. The van der Waals surface area contributed by atoms with E-state index in [1.54, 1.807) is 6.07 Å². The summed E-state index contributed by atoms with van der Waals surface area (Å²) < 4.78 is 13.8. The van der Waals surface area contributed by atoms with Crippen molar-refractivity contribution in [2.45, 2.75) is 20.0 Å². The summed E-state index contributed by atoms with van der Waals surface area (Å²) >= 11 is 3.35. The number of fused-ring (bicyclic) bond motifs is 1. The van der Waals surface area contributed by atoms with Gasteiger partial charge in [-0.15, -0.1) is 0 Å². The highest BCUT2D eigenvalue weighted by Gasteiger charge is 2.18. The van der Waals surface area contributed by atoms with Gasteiger partial charge in [-0.1, -0.05) is 0 Å². The van der Waals surface area contributed by atoms with E-state index in [1.165, 1.54) is 17.7 Å². The predicted octanol–water partition coefficient (Wildman–Crippen LogP) is 2.96. The first kappa shape index (κ1) is 11.7. The molecule has 1 aliphatic rings. The quantitative estimate of drug-likeness (QED) is 0.880. The highest BCUT2D eigenvalue weighted by molar-refractivity contribution is 9.10. The van der Waals surface area contributed by atoms with Crippen molar-refractivity contribution in [2.75, 3.05) is 0 Å². The number of nitrogens with zero attached hydrogens (tertiary/aromatic N) is 2. The third-order valence-electron chi connectivity index (χ3n) is 3.07. The third kappa shape index (κ3) is 1.93. The SMILES string of the molecule is Cc1nc(-c2ccc(F)cc2Br)nc2c1CNC2. The summed E-state index contributed by atoms with van der Waals surface area (Å²) in [5, 5.41) is 3.26. The van der Waals surface area contributed by atoms with E-state index in [0.717, 1.165) is 30.0 Å². The second kappa shape index (κ2) is 4.40. The lowest BCUT2D eigenvalue weighted by Crippen LogP contribution is -2.00. The first-order valence-electron chi connectivity index (χ1n) is 5.67. The first-order valence-corrected chi connectivity index (χ1v) is 6.47. The molecule has 92 valence electrons. The molecule has 3 nitrogen and oxygen atoms in total. The number of hydrogen-bond acceptors (Lipinski definition) is 3. The van der Waals surface area contributed by atoms with Gasteiger partial charge in [-0.05, 0) is 41.1 Å². The number of aromatic nitrogens is 2. The van der Waals surface area contributed by atoms with Crippen molar-refractivity contribution in [3.05, 3.63) is 45.4 Å². The van der Waals surface area contributed by atoms with Gasteiger partial charge < -0.3 is 5.32 Å². The van der Waals surface area contributed by atoms with E-state index in [2.05, 4.69) is 31.2 Å². The Kier molecular flexibility index (Phi) is 2.87. The largest absolute Gasteiger partial charge is 0.307 e. The van der Waals surface area contributed by atoms with Crippen LogP contribution in [0.1, 0.15) is 17.0 Å². The molecule has 0 spiro atoms. The molecule has 0 aliphatic carbocycles. The second-order valence-electron chi connectivity index (χ2n) is 4.29. The Hall–Kier alpha value is -1.33. The van der Waals surface area contributed by atoms with E-state index in [4.69, 9.17) is 0 Å². The minimum Gasteiger partial charge on any atom is -0.307 e. The number of aryl methyl sites for hydroxylation is 1. The lowest BCUT2D eigenvalue weighted by atomic mass is 10.1. The van der Waals surface area contributed by atoms with E-state index in [-0.39, 0.29) is 5.82 Å². The van der Waals surface area contributed by atoms with Crippen molar-refractivity contribution in [3.8, 4) is 11.4 Å². The van der Waals surface area contributed by atoms with Gasteiger partial charge in [0.2, 0.25) is 0 Å². The van der Waals surface area contributed by atoms with Gasteiger partial charge in [0.05, 0.1) is 5.69 Å². The van der Waals surface area contributed by atoms with Crippen LogP contribution in [-0.2, 0) is 13.1 Å². The van der Waals surface area contributed by atoms with Crippen molar-refractivity contribution in [1.82, 2.24) is 15.3 Å². The molecule has 2 aromatic rings. The molecule has 0 amide bonds. The maximum absolute atomic E-state index is 13.1. The summed E-state index contributed by atoms with van der Waals surface area (Å²) in [5.74, 6) is 0.368. The molecule has 0 fully saturated rings. The smallest absolute Gasteiger partial charge is 0.160 e. The number of nitrogens with one attached hydrogen (secondary N) is 1. The van der Waals surface area contributed by atoms with E-state index in [9.17, 15) is 4.39 Å². The Morgan fingerprint density at radius 3 is 2.89 bits per heavy atom. The van der Waals surface area contributed by atoms with E-state index in [1.807, 2.05) is 6.92 Å². The number of rotatable bonds is 1. The van der Waals surface area contributed by atoms with Crippen molar-refractivity contribution in [1.29, 1.82) is 0 Å². The second-order valence-corrected chi connectivity index (χ2v) is 5.14. The van der Waals surface area contributed by atoms with Crippen LogP contribution in [0.4, 0.5) is 4.39 Å². The van der Waals surface area contributed by atoms with Gasteiger partial charge in [-0.25, -0.2) is 14.4 Å². The zero-order valence-electron chi connectivity index (χ0n) is 9.80. The monoisotopic (exact) mass is 307 g/mol. The fourth-order valence-corrected chi connectivity index (χ4v) is 2.66. The number of benzene rings is 1. The lowest BCUT2D eigenvalue weighted by Gasteiger charge is -2.08. The molecule has 1 aliphatic heterocycles. The number of hydrogen-bond donors (Lipinski definition) is 1. The van der Waals surface area contributed by atoms with Crippen LogP contribution >= 0.6 is 15.9 Å². The van der Waals surface area contributed by atoms with Crippen LogP contribution in [0, 0.1) is 12.7 Å². The van der Waals surface area contributed by atoms with Crippen LogP contribution in [0.5, 0.6) is 0 Å². The molecule has 0 unspecified atom stereocenters. The van der Waals surface area contributed by atoms with Gasteiger partial charge in [0.25, 0.3) is 0 Å². The third-order valence-corrected chi connectivity index (χ3v) is 3.72. The summed E-state index contributed by atoms with van der Waals surface area (Å²) in [7, 11) is 0. The fourth-order valence-electron chi connectivity index (χ4n) is 2.13. The Morgan fingerprint density at radius 2 is 2.11 bits per heavy atom. The Balaban J connectivity index is 2.15. The van der Waals surface area contributed by atoms with E-state index < -0.39 is 0 Å². The van der Waals surface area contributed by atoms with Crippen LogP contribution in [0.2, 0.25) is 0 Å².